The first-order valence-corrected chi connectivity index (χ1v) is 7.67. The van der Waals surface area contributed by atoms with Crippen LogP contribution in [0.25, 0.3) is 0 Å². The topological polar surface area (TPSA) is 79.2 Å². The highest BCUT2D eigenvalue weighted by Gasteiger charge is 2.29. The summed E-state index contributed by atoms with van der Waals surface area (Å²) in [5.41, 5.74) is -1.02. The monoisotopic (exact) mass is 292 g/mol. The van der Waals surface area contributed by atoms with Gasteiger partial charge in [0.2, 0.25) is 0 Å². The molecule has 0 radical (unpaired) electrons. The van der Waals surface area contributed by atoms with Crippen molar-refractivity contribution >= 4 is 0 Å². The molecule has 0 rings (SSSR count). The van der Waals surface area contributed by atoms with Crippen LogP contribution in [0, 0.1) is 11.3 Å². The summed E-state index contributed by atoms with van der Waals surface area (Å²) >= 11 is 0. The third-order valence-electron chi connectivity index (χ3n) is 3.46. The van der Waals surface area contributed by atoms with Crippen molar-refractivity contribution in [1.29, 1.82) is 0 Å². The van der Waals surface area contributed by atoms with Gasteiger partial charge in [-0.3, -0.25) is 0 Å². The van der Waals surface area contributed by atoms with E-state index in [1.54, 1.807) is 0 Å². The fourth-order valence-electron chi connectivity index (χ4n) is 1.76. The van der Waals surface area contributed by atoms with Crippen molar-refractivity contribution in [2.75, 3.05) is 33.0 Å². The largest absolute Gasteiger partial charge is 0.396 e. The molecule has 0 fully saturated rings. The van der Waals surface area contributed by atoms with Gasteiger partial charge in [-0.05, 0) is 12.3 Å². The molecular weight excluding hydrogens is 260 g/mol. The van der Waals surface area contributed by atoms with Crippen LogP contribution in [0.2, 0.25) is 0 Å². The quantitative estimate of drug-likeness (QED) is 0.259. The first kappa shape index (κ1) is 19.8. The Hall–Kier alpha value is -0.200. The second-order valence-electron chi connectivity index (χ2n) is 6.01. The van der Waals surface area contributed by atoms with Gasteiger partial charge in [0.05, 0.1) is 38.4 Å². The lowest BCUT2D eigenvalue weighted by Crippen LogP contribution is -2.38. The molecule has 0 bridgehead atoms. The van der Waals surface area contributed by atoms with Crippen LogP contribution in [0.5, 0.6) is 0 Å². The number of unbranched alkanes of at least 4 members (excludes halogenated alkanes) is 4. The van der Waals surface area contributed by atoms with Gasteiger partial charge in [0, 0.05) is 0 Å². The van der Waals surface area contributed by atoms with E-state index in [1.807, 2.05) is 0 Å². The third kappa shape index (κ3) is 9.66. The molecule has 0 saturated heterocycles. The summed E-state index contributed by atoms with van der Waals surface area (Å²) in [5.74, 6) is 0.788. The predicted octanol–water partition coefficient (Wildman–Crippen LogP) is 1.89. The summed E-state index contributed by atoms with van der Waals surface area (Å²) in [6.07, 6.45) is 7.12. The molecule has 0 aliphatic rings. The van der Waals surface area contributed by atoms with Crippen LogP contribution in [0.3, 0.4) is 0 Å². The zero-order valence-electron chi connectivity index (χ0n) is 13.0. The second kappa shape index (κ2) is 12.5. The fraction of sp³-hybridized carbons (Fsp3) is 1.00. The molecule has 0 aromatic rings. The van der Waals surface area contributed by atoms with Crippen LogP contribution >= 0.6 is 0 Å². The zero-order valence-corrected chi connectivity index (χ0v) is 13.0. The van der Waals surface area contributed by atoms with Crippen molar-refractivity contribution < 1.29 is 25.1 Å². The maximum Gasteiger partial charge on any atom is 0.0944 e. The van der Waals surface area contributed by atoms with Gasteiger partial charge in [-0.1, -0.05) is 46.0 Å². The molecular formula is C15H32O5. The standard InChI is InChI=1S/C15H32O5/c1-14(2)8-6-4-3-5-7-9-19-20-13-15(10-16,11-17)12-18/h14,16-18H,3-13H2,1-2H3. The van der Waals surface area contributed by atoms with E-state index in [0.717, 1.165) is 18.8 Å². The number of hydrogen-bond acceptors (Lipinski definition) is 5. The molecule has 0 aromatic heterocycles. The van der Waals surface area contributed by atoms with Crippen molar-refractivity contribution in [1.82, 2.24) is 0 Å². The van der Waals surface area contributed by atoms with Crippen molar-refractivity contribution in [2.45, 2.75) is 52.4 Å². The lowest BCUT2D eigenvalue weighted by atomic mass is 9.93. The van der Waals surface area contributed by atoms with Crippen LogP contribution in [-0.4, -0.2) is 48.4 Å². The van der Waals surface area contributed by atoms with Gasteiger partial charge in [-0.15, -0.1) is 0 Å². The first-order valence-electron chi connectivity index (χ1n) is 7.67. The van der Waals surface area contributed by atoms with Crippen molar-refractivity contribution in [2.24, 2.45) is 11.3 Å². The van der Waals surface area contributed by atoms with Gasteiger partial charge in [0.25, 0.3) is 0 Å². The Balaban J connectivity index is 3.36. The second-order valence-corrected chi connectivity index (χ2v) is 6.01. The van der Waals surface area contributed by atoms with Crippen molar-refractivity contribution in [3.05, 3.63) is 0 Å². The van der Waals surface area contributed by atoms with Gasteiger partial charge >= 0.3 is 0 Å². The predicted molar refractivity (Wildman–Crippen MR) is 78.1 cm³/mol. The van der Waals surface area contributed by atoms with Crippen LogP contribution < -0.4 is 0 Å². The van der Waals surface area contributed by atoms with Gasteiger partial charge in [-0.25, -0.2) is 9.78 Å². The van der Waals surface area contributed by atoms with Gasteiger partial charge < -0.3 is 15.3 Å². The molecule has 0 amide bonds. The molecule has 0 atom stereocenters. The zero-order chi connectivity index (χ0) is 15.3. The molecule has 0 aliphatic heterocycles. The van der Waals surface area contributed by atoms with Crippen LogP contribution in [0.15, 0.2) is 0 Å². The molecule has 5 heteroatoms. The Labute approximate surface area is 122 Å². The summed E-state index contributed by atoms with van der Waals surface area (Å²) < 4.78 is 0. The lowest BCUT2D eigenvalue weighted by molar-refractivity contribution is -0.316. The Kier molecular flexibility index (Phi) is 12.4. The fourth-order valence-corrected chi connectivity index (χ4v) is 1.76. The summed E-state index contributed by atoms with van der Waals surface area (Å²) in [7, 11) is 0. The number of rotatable bonds is 14. The molecule has 3 N–H and O–H groups in total. The van der Waals surface area contributed by atoms with E-state index in [-0.39, 0.29) is 26.4 Å². The van der Waals surface area contributed by atoms with E-state index in [9.17, 15) is 0 Å². The molecule has 0 spiro atoms. The van der Waals surface area contributed by atoms with Crippen molar-refractivity contribution in [3.63, 3.8) is 0 Å². The van der Waals surface area contributed by atoms with E-state index in [4.69, 9.17) is 25.1 Å². The van der Waals surface area contributed by atoms with Gasteiger partial charge in [-0.2, -0.15) is 0 Å². The number of aliphatic hydroxyl groups is 3. The molecule has 20 heavy (non-hydrogen) atoms. The minimum Gasteiger partial charge on any atom is -0.396 e. The SMILES string of the molecule is CC(C)CCCCCCCOOCC(CO)(CO)CO. The van der Waals surface area contributed by atoms with Crippen LogP contribution in [-0.2, 0) is 9.78 Å². The van der Waals surface area contributed by atoms with E-state index >= 15 is 0 Å². The third-order valence-corrected chi connectivity index (χ3v) is 3.46. The molecule has 0 aliphatic carbocycles. The minimum atomic E-state index is -1.02. The highest BCUT2D eigenvalue weighted by atomic mass is 17.2. The minimum absolute atomic E-state index is 0.00904. The molecule has 0 heterocycles. The summed E-state index contributed by atoms with van der Waals surface area (Å²) in [4.78, 5) is 9.96. The van der Waals surface area contributed by atoms with Crippen LogP contribution in [0.4, 0.5) is 0 Å². The van der Waals surface area contributed by atoms with E-state index in [0.29, 0.717) is 6.61 Å². The molecule has 122 valence electrons. The Morgan fingerprint density at radius 3 is 1.90 bits per heavy atom. The van der Waals surface area contributed by atoms with E-state index in [2.05, 4.69) is 13.8 Å². The van der Waals surface area contributed by atoms with Crippen molar-refractivity contribution in [3.8, 4) is 0 Å². The lowest BCUT2D eigenvalue weighted by Gasteiger charge is -2.25. The smallest absolute Gasteiger partial charge is 0.0944 e. The molecule has 0 unspecified atom stereocenters. The van der Waals surface area contributed by atoms with Gasteiger partial charge in [0.15, 0.2) is 0 Å². The van der Waals surface area contributed by atoms with E-state index < -0.39 is 5.41 Å². The average Bonchev–Trinajstić information content (AvgIpc) is 2.45. The van der Waals surface area contributed by atoms with E-state index in [1.165, 1.54) is 25.7 Å². The molecule has 0 aromatic carbocycles. The Bertz CT molecular complexity index is 196. The Morgan fingerprint density at radius 1 is 0.800 bits per heavy atom. The normalized spacial score (nSPS) is 12.3. The maximum atomic E-state index is 9.08. The Morgan fingerprint density at radius 2 is 1.35 bits per heavy atom. The summed E-state index contributed by atoms with van der Waals surface area (Å²) in [6, 6.07) is 0. The molecule has 0 saturated carbocycles. The first-order chi connectivity index (χ1) is 9.60. The van der Waals surface area contributed by atoms with Crippen LogP contribution in [0.1, 0.15) is 52.4 Å². The number of hydrogen-bond donors (Lipinski definition) is 3. The summed E-state index contributed by atoms with van der Waals surface area (Å²) in [6.45, 7) is 3.98. The molecule has 5 nitrogen and oxygen atoms in total. The summed E-state index contributed by atoms with van der Waals surface area (Å²) in [5, 5.41) is 27.2. The maximum absolute atomic E-state index is 9.08. The highest BCUT2D eigenvalue weighted by molar-refractivity contribution is 4.75. The number of aliphatic hydroxyl groups excluding tert-OH is 3. The average molecular weight is 292 g/mol. The van der Waals surface area contributed by atoms with Gasteiger partial charge in [0.1, 0.15) is 0 Å². The highest BCUT2D eigenvalue weighted by Crippen LogP contribution is 2.15.